The van der Waals surface area contributed by atoms with Gasteiger partial charge in [-0.1, -0.05) is 12.0 Å². The number of halogens is 1. The van der Waals surface area contributed by atoms with Crippen LogP contribution in [-0.4, -0.2) is 9.97 Å². The Hall–Kier alpha value is -1.25. The Labute approximate surface area is 82.9 Å². The molecule has 14 heavy (non-hydrogen) atoms. The first-order chi connectivity index (χ1) is 6.84. The van der Waals surface area contributed by atoms with Crippen molar-refractivity contribution in [3.63, 3.8) is 0 Å². The van der Waals surface area contributed by atoms with Crippen molar-refractivity contribution in [3.8, 4) is 0 Å². The standard InChI is InChI=1S/C11H13FN2/c12-11-8-13-7-10(14-11)6-9-4-2-1-3-5-9/h6-8H,1-5H2. The van der Waals surface area contributed by atoms with Crippen LogP contribution in [0.5, 0.6) is 0 Å². The third-order valence-corrected chi connectivity index (χ3v) is 2.47. The fourth-order valence-electron chi connectivity index (χ4n) is 1.79. The molecule has 74 valence electrons. The normalized spacial score (nSPS) is 16.8. The molecule has 1 saturated carbocycles. The van der Waals surface area contributed by atoms with Gasteiger partial charge in [0.15, 0.2) is 0 Å². The SMILES string of the molecule is Fc1cncc(C=C2CCCCC2)n1. The van der Waals surface area contributed by atoms with Crippen LogP contribution in [-0.2, 0) is 0 Å². The van der Waals surface area contributed by atoms with Crippen molar-refractivity contribution >= 4 is 6.08 Å². The summed E-state index contributed by atoms with van der Waals surface area (Å²) in [7, 11) is 0. The van der Waals surface area contributed by atoms with Gasteiger partial charge in [-0.15, -0.1) is 0 Å². The molecule has 1 aromatic heterocycles. The number of hydrogen-bond acceptors (Lipinski definition) is 2. The van der Waals surface area contributed by atoms with Crippen LogP contribution < -0.4 is 0 Å². The lowest BCUT2D eigenvalue weighted by Gasteiger charge is -2.12. The summed E-state index contributed by atoms with van der Waals surface area (Å²) >= 11 is 0. The summed E-state index contributed by atoms with van der Waals surface area (Å²) in [5, 5.41) is 0. The lowest BCUT2D eigenvalue weighted by molar-refractivity contribution is 0.574. The van der Waals surface area contributed by atoms with Crippen LogP contribution in [0, 0.1) is 5.95 Å². The maximum absolute atomic E-state index is 12.7. The van der Waals surface area contributed by atoms with Crippen molar-refractivity contribution in [2.75, 3.05) is 0 Å². The molecule has 0 atom stereocenters. The van der Waals surface area contributed by atoms with Crippen molar-refractivity contribution in [1.82, 2.24) is 9.97 Å². The zero-order valence-corrected chi connectivity index (χ0v) is 8.04. The van der Waals surface area contributed by atoms with Crippen LogP contribution in [0.15, 0.2) is 18.0 Å². The molecule has 2 nitrogen and oxygen atoms in total. The van der Waals surface area contributed by atoms with Crippen LogP contribution >= 0.6 is 0 Å². The molecule has 1 aliphatic carbocycles. The molecule has 0 aromatic carbocycles. The molecular weight excluding hydrogens is 179 g/mol. The highest BCUT2D eigenvalue weighted by atomic mass is 19.1. The molecule has 0 bridgehead atoms. The number of aromatic nitrogens is 2. The first-order valence-corrected chi connectivity index (χ1v) is 5.01. The van der Waals surface area contributed by atoms with E-state index in [9.17, 15) is 4.39 Å². The van der Waals surface area contributed by atoms with Gasteiger partial charge in [0, 0.05) is 0 Å². The minimum absolute atomic E-state index is 0.504. The molecule has 0 saturated heterocycles. The van der Waals surface area contributed by atoms with E-state index < -0.39 is 5.95 Å². The number of rotatable bonds is 1. The molecule has 2 rings (SSSR count). The summed E-state index contributed by atoms with van der Waals surface area (Å²) in [5.74, 6) is -0.504. The van der Waals surface area contributed by atoms with Crippen LogP contribution in [0.1, 0.15) is 37.8 Å². The Morgan fingerprint density at radius 2 is 1.93 bits per heavy atom. The van der Waals surface area contributed by atoms with Crippen LogP contribution in [0.25, 0.3) is 6.08 Å². The highest BCUT2D eigenvalue weighted by molar-refractivity contribution is 5.47. The van der Waals surface area contributed by atoms with Crippen molar-refractivity contribution in [3.05, 3.63) is 29.6 Å². The predicted molar refractivity (Wildman–Crippen MR) is 53.1 cm³/mol. The van der Waals surface area contributed by atoms with Crippen molar-refractivity contribution < 1.29 is 4.39 Å². The van der Waals surface area contributed by atoms with Gasteiger partial charge < -0.3 is 0 Å². The second-order valence-corrected chi connectivity index (χ2v) is 3.63. The summed E-state index contributed by atoms with van der Waals surface area (Å²) in [5.41, 5.74) is 2.01. The second kappa shape index (κ2) is 4.31. The Kier molecular flexibility index (Phi) is 2.87. The van der Waals surface area contributed by atoms with Crippen molar-refractivity contribution in [2.45, 2.75) is 32.1 Å². The van der Waals surface area contributed by atoms with Gasteiger partial charge in [0.05, 0.1) is 18.1 Å². The monoisotopic (exact) mass is 192 g/mol. The van der Waals surface area contributed by atoms with Gasteiger partial charge in [-0.2, -0.15) is 4.39 Å². The summed E-state index contributed by atoms with van der Waals surface area (Å²) in [4.78, 5) is 7.53. The largest absolute Gasteiger partial charge is 0.258 e. The molecule has 0 N–H and O–H groups in total. The van der Waals surface area contributed by atoms with Crippen LogP contribution in [0.2, 0.25) is 0 Å². The van der Waals surface area contributed by atoms with Crippen molar-refractivity contribution in [2.24, 2.45) is 0 Å². The molecule has 1 aromatic rings. The van der Waals surface area contributed by atoms with E-state index in [0.29, 0.717) is 5.69 Å². The maximum atomic E-state index is 12.7. The van der Waals surface area contributed by atoms with Crippen LogP contribution in [0.3, 0.4) is 0 Å². The lowest BCUT2D eigenvalue weighted by atomic mass is 9.94. The van der Waals surface area contributed by atoms with Crippen LogP contribution in [0.4, 0.5) is 4.39 Å². The average Bonchev–Trinajstić information content (AvgIpc) is 2.19. The van der Waals surface area contributed by atoms with E-state index in [1.165, 1.54) is 24.8 Å². The molecular formula is C11H13FN2. The van der Waals surface area contributed by atoms with Gasteiger partial charge in [0.2, 0.25) is 5.95 Å². The van der Waals surface area contributed by atoms with E-state index in [-0.39, 0.29) is 0 Å². The van der Waals surface area contributed by atoms with Gasteiger partial charge in [-0.3, -0.25) is 4.98 Å². The first kappa shape index (κ1) is 9.31. The topological polar surface area (TPSA) is 25.8 Å². The maximum Gasteiger partial charge on any atom is 0.231 e. The van der Waals surface area contributed by atoms with Gasteiger partial charge in [0.25, 0.3) is 0 Å². The molecule has 0 spiro atoms. The zero-order chi connectivity index (χ0) is 9.80. The van der Waals surface area contributed by atoms with E-state index in [2.05, 4.69) is 9.97 Å². The third kappa shape index (κ3) is 2.37. The Balaban J connectivity index is 2.15. The van der Waals surface area contributed by atoms with Gasteiger partial charge in [0.1, 0.15) is 0 Å². The molecule has 1 fully saturated rings. The Morgan fingerprint density at radius 1 is 1.14 bits per heavy atom. The van der Waals surface area contributed by atoms with E-state index in [1.54, 1.807) is 6.20 Å². The smallest absolute Gasteiger partial charge is 0.231 e. The van der Waals surface area contributed by atoms with E-state index >= 15 is 0 Å². The zero-order valence-electron chi connectivity index (χ0n) is 8.04. The fraction of sp³-hybridized carbons (Fsp3) is 0.455. The molecule has 0 amide bonds. The molecule has 0 aliphatic heterocycles. The first-order valence-electron chi connectivity index (χ1n) is 5.01. The number of hydrogen-bond donors (Lipinski definition) is 0. The fourth-order valence-corrected chi connectivity index (χ4v) is 1.79. The molecule has 3 heteroatoms. The van der Waals surface area contributed by atoms with Crippen molar-refractivity contribution in [1.29, 1.82) is 0 Å². The minimum atomic E-state index is -0.504. The Bertz CT molecular complexity index is 339. The second-order valence-electron chi connectivity index (χ2n) is 3.63. The molecule has 0 unspecified atom stereocenters. The highest BCUT2D eigenvalue weighted by Crippen LogP contribution is 2.24. The average molecular weight is 192 g/mol. The van der Waals surface area contributed by atoms with Gasteiger partial charge in [-0.25, -0.2) is 4.98 Å². The van der Waals surface area contributed by atoms with E-state index in [1.807, 2.05) is 6.08 Å². The quantitative estimate of drug-likeness (QED) is 0.683. The third-order valence-electron chi connectivity index (χ3n) is 2.47. The summed E-state index contributed by atoms with van der Waals surface area (Å²) in [6, 6.07) is 0. The number of nitrogens with zero attached hydrogens (tertiary/aromatic N) is 2. The van der Waals surface area contributed by atoms with E-state index in [4.69, 9.17) is 0 Å². The minimum Gasteiger partial charge on any atom is -0.258 e. The Morgan fingerprint density at radius 3 is 2.64 bits per heavy atom. The summed E-state index contributed by atoms with van der Waals surface area (Å²) in [6.07, 6.45) is 10.7. The summed E-state index contributed by atoms with van der Waals surface area (Å²) < 4.78 is 12.7. The highest BCUT2D eigenvalue weighted by Gasteiger charge is 2.05. The predicted octanol–water partition coefficient (Wildman–Crippen LogP) is 2.96. The summed E-state index contributed by atoms with van der Waals surface area (Å²) in [6.45, 7) is 0. The van der Waals surface area contributed by atoms with Gasteiger partial charge >= 0.3 is 0 Å². The number of allylic oxidation sites excluding steroid dienone is 1. The molecule has 1 aliphatic rings. The van der Waals surface area contributed by atoms with E-state index in [0.717, 1.165) is 19.0 Å². The molecule has 1 heterocycles. The van der Waals surface area contributed by atoms with Gasteiger partial charge in [-0.05, 0) is 31.8 Å². The lowest BCUT2D eigenvalue weighted by Crippen LogP contribution is -1.95. The molecule has 0 radical (unpaired) electrons.